The highest BCUT2D eigenvalue weighted by molar-refractivity contribution is 9.12. The smallest absolute Gasteiger partial charge is 0.335 e. The molecule has 0 N–H and O–H groups in total. The molecule has 0 rings (SSSR count). The average molecular weight is 272 g/mol. The van der Waals surface area contributed by atoms with Gasteiger partial charge in [-0.1, -0.05) is 0 Å². The molecule has 1 unspecified atom stereocenters. The molecule has 0 aromatic carbocycles. The Balaban J connectivity index is 4.14. The molecule has 0 aliphatic heterocycles. The maximum Gasteiger partial charge on any atom is 0.369 e. The van der Waals surface area contributed by atoms with Gasteiger partial charge in [-0.15, -0.1) is 0 Å². The molecule has 9 heavy (non-hydrogen) atoms. The summed E-state index contributed by atoms with van der Waals surface area (Å²) in [6.45, 7) is 0. The third kappa shape index (κ3) is 2.43. The number of hydrogen-bond donors (Lipinski definition) is 0. The fourth-order valence-corrected chi connectivity index (χ4v) is 0.278. The van der Waals surface area contributed by atoms with Gasteiger partial charge in [-0.3, -0.25) is 0 Å². The van der Waals surface area contributed by atoms with E-state index in [2.05, 4.69) is 4.74 Å². The van der Waals surface area contributed by atoms with E-state index in [4.69, 9.17) is 0 Å². The molecule has 0 saturated heterocycles. The summed E-state index contributed by atoms with van der Waals surface area (Å²) in [5.74, 6) is 0. The first-order valence-corrected chi connectivity index (χ1v) is 3.39. The second-order valence-corrected chi connectivity index (χ2v) is 3.23. The highest BCUT2D eigenvalue weighted by Crippen LogP contribution is 2.42. The first-order valence-electron chi connectivity index (χ1n) is 1.81. The second-order valence-electron chi connectivity index (χ2n) is 1.22. The number of ether oxygens (including phenoxy) is 1. The van der Waals surface area contributed by atoms with E-state index in [0.717, 1.165) is 7.11 Å². The SMILES string of the molecule is COC(F)(Br)C(F)(F)Br. The monoisotopic (exact) mass is 270 g/mol. The van der Waals surface area contributed by atoms with Crippen molar-refractivity contribution >= 4 is 31.9 Å². The standard InChI is InChI=1S/C3H3Br2F3O/c1-9-3(5,8)2(4,6)7/h1H3. The average Bonchev–Trinajstić information content (AvgIpc) is 1.64. The molecule has 6 heteroatoms. The van der Waals surface area contributed by atoms with Crippen molar-refractivity contribution < 1.29 is 17.9 Å². The maximum absolute atomic E-state index is 12.2. The highest BCUT2D eigenvalue weighted by atomic mass is 79.9. The molecule has 0 amide bonds. The minimum Gasteiger partial charge on any atom is -0.335 e. The first kappa shape index (κ1) is 9.71. The molecular formula is C3H3Br2F3O. The Morgan fingerprint density at radius 2 is 1.56 bits per heavy atom. The van der Waals surface area contributed by atoms with Gasteiger partial charge in [0.15, 0.2) is 0 Å². The topological polar surface area (TPSA) is 9.23 Å². The molecule has 0 aromatic rings. The normalized spacial score (nSPS) is 19.3. The number of hydrogen-bond acceptors (Lipinski definition) is 1. The van der Waals surface area contributed by atoms with Gasteiger partial charge < -0.3 is 4.74 Å². The molecule has 56 valence electrons. The van der Waals surface area contributed by atoms with Crippen LogP contribution in [-0.4, -0.2) is 16.7 Å². The minimum atomic E-state index is -3.71. The summed E-state index contributed by atoms with van der Waals surface area (Å²) in [4.78, 5) is -3.71. The van der Waals surface area contributed by atoms with Crippen molar-refractivity contribution in [3.63, 3.8) is 0 Å². The molecule has 0 aliphatic carbocycles. The van der Waals surface area contributed by atoms with Crippen LogP contribution in [0.5, 0.6) is 0 Å². The zero-order chi connectivity index (χ0) is 7.71. The lowest BCUT2D eigenvalue weighted by Crippen LogP contribution is -2.34. The van der Waals surface area contributed by atoms with Gasteiger partial charge in [-0.2, -0.15) is 13.2 Å². The van der Waals surface area contributed by atoms with E-state index in [0.29, 0.717) is 0 Å². The van der Waals surface area contributed by atoms with Gasteiger partial charge in [0.1, 0.15) is 0 Å². The largest absolute Gasteiger partial charge is 0.369 e. The van der Waals surface area contributed by atoms with Gasteiger partial charge >= 0.3 is 9.60 Å². The molecule has 0 heterocycles. The quantitative estimate of drug-likeness (QED) is 0.702. The molecule has 0 radical (unpaired) electrons. The van der Waals surface area contributed by atoms with Crippen LogP contribution in [0.3, 0.4) is 0 Å². The first-order chi connectivity index (χ1) is 3.81. The van der Waals surface area contributed by atoms with E-state index in [9.17, 15) is 13.2 Å². The summed E-state index contributed by atoms with van der Waals surface area (Å²) in [6, 6.07) is 0. The predicted molar refractivity (Wildman–Crippen MR) is 33.6 cm³/mol. The second kappa shape index (κ2) is 2.75. The summed E-state index contributed by atoms with van der Waals surface area (Å²) in [5, 5.41) is 0. The lowest BCUT2D eigenvalue weighted by Gasteiger charge is -2.20. The third-order valence-corrected chi connectivity index (χ3v) is 2.45. The molecule has 0 spiro atoms. The van der Waals surface area contributed by atoms with Crippen molar-refractivity contribution in [2.45, 2.75) is 9.60 Å². The maximum atomic E-state index is 12.2. The van der Waals surface area contributed by atoms with Crippen LogP contribution in [-0.2, 0) is 4.74 Å². The molecule has 0 fully saturated rings. The van der Waals surface area contributed by atoms with Crippen LogP contribution in [0.1, 0.15) is 0 Å². The number of alkyl halides is 5. The molecule has 1 nitrogen and oxygen atoms in total. The number of rotatable bonds is 2. The third-order valence-electron chi connectivity index (χ3n) is 0.586. The zero-order valence-corrected chi connectivity index (χ0v) is 7.47. The van der Waals surface area contributed by atoms with Crippen molar-refractivity contribution in [3.05, 3.63) is 0 Å². The molecule has 0 aliphatic rings. The van der Waals surface area contributed by atoms with Crippen LogP contribution in [0.25, 0.3) is 0 Å². The zero-order valence-electron chi connectivity index (χ0n) is 4.30. The predicted octanol–water partition coefficient (Wildman–Crippen LogP) is 2.64. The van der Waals surface area contributed by atoms with Crippen molar-refractivity contribution in [2.75, 3.05) is 7.11 Å². The summed E-state index contributed by atoms with van der Waals surface area (Å²) >= 11 is 3.80. The van der Waals surface area contributed by atoms with Crippen LogP contribution >= 0.6 is 31.9 Å². The summed E-state index contributed by atoms with van der Waals surface area (Å²) in [7, 11) is 0.823. The van der Waals surface area contributed by atoms with Gasteiger partial charge in [-0.25, -0.2) is 0 Å². The van der Waals surface area contributed by atoms with Gasteiger partial charge in [0, 0.05) is 7.11 Å². The summed E-state index contributed by atoms with van der Waals surface area (Å²) in [6.07, 6.45) is 0. The van der Waals surface area contributed by atoms with Gasteiger partial charge in [0.05, 0.1) is 0 Å². The molecule has 0 saturated carbocycles. The van der Waals surface area contributed by atoms with Gasteiger partial charge in [-0.05, 0) is 31.9 Å². The summed E-state index contributed by atoms with van der Waals surface area (Å²) < 4.78 is 36.6. The minimum absolute atomic E-state index is 0.823. The van der Waals surface area contributed by atoms with E-state index >= 15 is 0 Å². The molecule has 0 bridgehead atoms. The van der Waals surface area contributed by atoms with Crippen molar-refractivity contribution in [2.24, 2.45) is 0 Å². The van der Waals surface area contributed by atoms with E-state index in [1.807, 2.05) is 15.9 Å². The van der Waals surface area contributed by atoms with Crippen molar-refractivity contribution in [1.82, 2.24) is 0 Å². The Hall–Kier alpha value is 0.710. The van der Waals surface area contributed by atoms with E-state index < -0.39 is 9.60 Å². The van der Waals surface area contributed by atoms with Crippen LogP contribution in [0.15, 0.2) is 0 Å². The fourth-order valence-electron chi connectivity index (χ4n) is 0.116. The van der Waals surface area contributed by atoms with Crippen molar-refractivity contribution in [3.8, 4) is 0 Å². The number of halogens is 5. The van der Waals surface area contributed by atoms with Crippen LogP contribution < -0.4 is 0 Å². The Morgan fingerprint density at radius 3 is 1.56 bits per heavy atom. The van der Waals surface area contributed by atoms with E-state index in [1.54, 1.807) is 15.9 Å². The molecular weight excluding hydrogens is 269 g/mol. The Bertz CT molecular complexity index is 99.7. The van der Waals surface area contributed by atoms with E-state index in [-0.39, 0.29) is 0 Å². The molecule has 1 atom stereocenters. The Labute approximate surface area is 66.8 Å². The van der Waals surface area contributed by atoms with Crippen molar-refractivity contribution in [1.29, 1.82) is 0 Å². The Kier molecular flexibility index (Phi) is 2.97. The lowest BCUT2D eigenvalue weighted by atomic mass is 10.7. The highest BCUT2D eigenvalue weighted by Gasteiger charge is 2.52. The fraction of sp³-hybridized carbons (Fsp3) is 1.00. The van der Waals surface area contributed by atoms with Crippen LogP contribution in [0, 0.1) is 0 Å². The Morgan fingerprint density at radius 1 is 1.22 bits per heavy atom. The van der Waals surface area contributed by atoms with Gasteiger partial charge in [0.2, 0.25) is 0 Å². The van der Waals surface area contributed by atoms with Crippen LogP contribution in [0.2, 0.25) is 0 Å². The van der Waals surface area contributed by atoms with Crippen LogP contribution in [0.4, 0.5) is 13.2 Å². The molecule has 0 aromatic heterocycles. The summed E-state index contributed by atoms with van der Waals surface area (Å²) in [5.41, 5.74) is 0. The number of methoxy groups -OCH3 is 1. The van der Waals surface area contributed by atoms with Gasteiger partial charge in [0.25, 0.3) is 0 Å². The lowest BCUT2D eigenvalue weighted by molar-refractivity contribution is -0.148. The van der Waals surface area contributed by atoms with E-state index in [1.165, 1.54) is 0 Å².